The first kappa shape index (κ1) is 29.9. The number of terminal acetylenes is 3. The summed E-state index contributed by atoms with van der Waals surface area (Å²) < 4.78 is 17.6. The molecule has 0 atom stereocenters. The normalized spacial score (nSPS) is 10.5. The van der Waals surface area contributed by atoms with Crippen molar-refractivity contribution in [2.45, 2.75) is 74.5 Å². The molecule has 0 aliphatic heterocycles. The molecular weight excluding hydrogens is 468 g/mol. The van der Waals surface area contributed by atoms with Crippen LogP contribution in [0.3, 0.4) is 0 Å². The maximum absolute atomic E-state index is 5.88. The molecule has 0 aliphatic carbocycles. The number of hydrogen-bond acceptors (Lipinski definition) is 6. The van der Waals surface area contributed by atoms with Gasteiger partial charge in [-0.2, -0.15) is 0 Å². The molecule has 0 radical (unpaired) electrons. The van der Waals surface area contributed by atoms with E-state index in [-0.39, 0.29) is 19.8 Å². The van der Waals surface area contributed by atoms with Crippen LogP contribution >= 0.6 is 35.3 Å². The van der Waals surface area contributed by atoms with E-state index in [4.69, 9.17) is 33.5 Å². The lowest BCUT2D eigenvalue weighted by Gasteiger charge is -2.26. The highest BCUT2D eigenvalue weighted by Crippen LogP contribution is 2.45. The average molecular weight is 505 g/mol. The SMILES string of the molecule is C#CCOCc1c(SCCC)c(COCC#C)c(SCCC)c(COCC#C)c1SCCC. The van der Waals surface area contributed by atoms with Crippen molar-refractivity contribution >= 4 is 35.3 Å². The van der Waals surface area contributed by atoms with Gasteiger partial charge in [-0.3, -0.25) is 0 Å². The Morgan fingerprint density at radius 1 is 0.545 bits per heavy atom. The van der Waals surface area contributed by atoms with Crippen molar-refractivity contribution in [2.75, 3.05) is 37.1 Å². The van der Waals surface area contributed by atoms with Crippen molar-refractivity contribution in [1.82, 2.24) is 0 Å². The van der Waals surface area contributed by atoms with Crippen LogP contribution in [0.4, 0.5) is 0 Å². The van der Waals surface area contributed by atoms with Gasteiger partial charge in [-0.25, -0.2) is 0 Å². The van der Waals surface area contributed by atoms with E-state index in [1.807, 2.05) is 35.3 Å². The van der Waals surface area contributed by atoms with E-state index >= 15 is 0 Å². The summed E-state index contributed by atoms with van der Waals surface area (Å²) in [6.07, 6.45) is 19.6. The summed E-state index contributed by atoms with van der Waals surface area (Å²) in [7, 11) is 0. The molecule has 0 unspecified atom stereocenters. The minimum Gasteiger partial charge on any atom is -0.364 e. The summed E-state index contributed by atoms with van der Waals surface area (Å²) in [6, 6.07) is 0. The van der Waals surface area contributed by atoms with Crippen LogP contribution in [-0.2, 0) is 34.0 Å². The van der Waals surface area contributed by atoms with Crippen LogP contribution < -0.4 is 0 Å². The largest absolute Gasteiger partial charge is 0.364 e. The Morgan fingerprint density at radius 3 is 1.03 bits per heavy atom. The highest BCUT2D eigenvalue weighted by atomic mass is 32.2. The zero-order valence-corrected chi connectivity index (χ0v) is 22.6. The van der Waals surface area contributed by atoms with Crippen LogP contribution in [0.25, 0.3) is 0 Å². The molecule has 0 saturated carbocycles. The Hall–Kier alpha value is -1.17. The van der Waals surface area contributed by atoms with E-state index in [1.54, 1.807) is 0 Å². The molecule has 0 aliphatic rings. The quantitative estimate of drug-likeness (QED) is 0.126. The van der Waals surface area contributed by atoms with E-state index in [0.29, 0.717) is 19.8 Å². The van der Waals surface area contributed by atoms with Crippen molar-refractivity contribution in [1.29, 1.82) is 0 Å². The van der Waals surface area contributed by atoms with E-state index < -0.39 is 0 Å². The third-order valence-corrected chi connectivity index (χ3v) is 8.47. The van der Waals surface area contributed by atoms with E-state index in [2.05, 4.69) is 38.5 Å². The lowest BCUT2D eigenvalue weighted by atomic mass is 10.1. The smallest absolute Gasteiger partial charge is 0.107 e. The number of rotatable bonds is 18. The summed E-state index contributed by atoms with van der Waals surface area (Å²) in [5.41, 5.74) is 3.50. The number of hydrogen-bond donors (Lipinski definition) is 0. The summed E-state index contributed by atoms with van der Waals surface area (Å²) in [5, 5.41) is 0. The molecule has 33 heavy (non-hydrogen) atoms. The summed E-state index contributed by atoms with van der Waals surface area (Å²) in [4.78, 5) is 3.68. The maximum Gasteiger partial charge on any atom is 0.107 e. The van der Waals surface area contributed by atoms with Crippen molar-refractivity contribution < 1.29 is 14.2 Å². The molecule has 0 aromatic heterocycles. The molecule has 0 fully saturated rings. The number of ether oxygens (including phenoxy) is 3. The van der Waals surface area contributed by atoms with Crippen LogP contribution in [0.5, 0.6) is 0 Å². The predicted octanol–water partition coefficient (Wildman–Crippen LogP) is 6.64. The molecule has 180 valence electrons. The second-order valence-corrected chi connectivity index (χ2v) is 10.4. The van der Waals surface area contributed by atoms with Crippen molar-refractivity contribution in [3.05, 3.63) is 16.7 Å². The fourth-order valence-corrected chi connectivity index (χ4v) is 6.45. The van der Waals surface area contributed by atoms with Gasteiger partial charge in [-0.15, -0.1) is 54.6 Å². The van der Waals surface area contributed by atoms with Gasteiger partial charge in [0.15, 0.2) is 0 Å². The molecule has 0 N–H and O–H groups in total. The Kier molecular flexibility index (Phi) is 17.3. The monoisotopic (exact) mass is 504 g/mol. The van der Waals surface area contributed by atoms with Crippen LogP contribution in [0.2, 0.25) is 0 Å². The first-order chi connectivity index (χ1) is 16.2. The Labute approximate surface area is 214 Å². The van der Waals surface area contributed by atoms with Gasteiger partial charge >= 0.3 is 0 Å². The molecule has 1 aromatic carbocycles. The Bertz CT molecular complexity index is 700. The molecule has 1 aromatic rings. The second-order valence-electron chi connectivity index (χ2n) is 7.06. The van der Waals surface area contributed by atoms with Crippen LogP contribution in [0.15, 0.2) is 14.7 Å². The molecule has 0 bridgehead atoms. The lowest BCUT2D eigenvalue weighted by molar-refractivity contribution is 0.136. The third kappa shape index (κ3) is 10.3. The van der Waals surface area contributed by atoms with Crippen LogP contribution in [0, 0.1) is 37.0 Å². The van der Waals surface area contributed by atoms with Gasteiger partial charge in [0, 0.05) is 31.4 Å². The van der Waals surface area contributed by atoms with Gasteiger partial charge in [0.25, 0.3) is 0 Å². The Balaban J connectivity index is 3.79. The molecule has 3 nitrogen and oxygen atoms in total. The van der Waals surface area contributed by atoms with Gasteiger partial charge in [0.2, 0.25) is 0 Å². The topological polar surface area (TPSA) is 27.7 Å². The van der Waals surface area contributed by atoms with E-state index in [0.717, 1.165) is 36.5 Å². The molecule has 0 heterocycles. The standard InChI is InChI=1S/C27H36O3S3/c1-7-13-28-19-22-25(31-16-10-4)23(20-29-14-8-2)27(33-18-12-6)24(21-30-15-9-3)26(22)32-17-11-5/h1-3H,10-21H2,4-6H3. The second kappa shape index (κ2) is 19.2. The fourth-order valence-electron chi connectivity index (χ4n) is 3.02. The predicted molar refractivity (Wildman–Crippen MR) is 145 cm³/mol. The molecule has 1 rings (SSSR count). The van der Waals surface area contributed by atoms with Gasteiger partial charge in [0.05, 0.1) is 19.8 Å². The van der Waals surface area contributed by atoms with Crippen LogP contribution in [-0.4, -0.2) is 37.1 Å². The molecule has 6 heteroatoms. The molecule has 0 saturated heterocycles. The molecule has 0 amide bonds. The minimum absolute atomic E-state index is 0.272. The van der Waals surface area contributed by atoms with Crippen molar-refractivity contribution in [2.24, 2.45) is 0 Å². The first-order valence-corrected chi connectivity index (χ1v) is 14.3. The average Bonchev–Trinajstić information content (AvgIpc) is 2.82. The summed E-state index contributed by atoms with van der Waals surface area (Å²) >= 11 is 5.58. The highest BCUT2D eigenvalue weighted by Gasteiger charge is 2.25. The van der Waals surface area contributed by atoms with Crippen molar-refractivity contribution in [3.63, 3.8) is 0 Å². The van der Waals surface area contributed by atoms with Crippen LogP contribution in [0.1, 0.15) is 56.7 Å². The fraction of sp³-hybridized carbons (Fsp3) is 0.556. The van der Waals surface area contributed by atoms with Gasteiger partial charge < -0.3 is 14.2 Å². The summed E-state index contributed by atoms with van der Waals surface area (Å²) in [5.74, 6) is 10.8. The molecular formula is C27H36O3S3. The van der Waals surface area contributed by atoms with E-state index in [9.17, 15) is 0 Å². The van der Waals surface area contributed by atoms with Gasteiger partial charge in [-0.1, -0.05) is 38.5 Å². The first-order valence-electron chi connectivity index (χ1n) is 11.3. The highest BCUT2D eigenvalue weighted by molar-refractivity contribution is 8.01. The zero-order chi connectivity index (χ0) is 24.3. The van der Waals surface area contributed by atoms with Gasteiger partial charge in [0.1, 0.15) is 19.8 Å². The zero-order valence-electron chi connectivity index (χ0n) is 20.2. The van der Waals surface area contributed by atoms with Crippen molar-refractivity contribution in [3.8, 4) is 37.0 Å². The minimum atomic E-state index is 0.272. The third-order valence-electron chi connectivity index (χ3n) is 4.29. The lowest BCUT2D eigenvalue weighted by Crippen LogP contribution is -2.11. The van der Waals surface area contributed by atoms with E-state index in [1.165, 1.54) is 31.4 Å². The van der Waals surface area contributed by atoms with Gasteiger partial charge in [-0.05, 0) is 36.5 Å². The number of thioether (sulfide) groups is 3. The summed E-state index contributed by atoms with van der Waals surface area (Å²) in [6.45, 7) is 8.74. The molecule has 0 spiro atoms. The number of benzene rings is 1. The Morgan fingerprint density at radius 2 is 0.818 bits per heavy atom. The maximum atomic E-state index is 5.88.